The lowest BCUT2D eigenvalue weighted by Crippen LogP contribution is -2.48. The molecule has 118 valence electrons. The Morgan fingerprint density at radius 2 is 1.82 bits per heavy atom. The van der Waals surface area contributed by atoms with E-state index in [1.165, 1.54) is 0 Å². The average molecular weight is 302 g/mol. The van der Waals surface area contributed by atoms with Crippen molar-refractivity contribution >= 4 is 11.8 Å². The molecule has 0 aromatic heterocycles. The number of carbonyl (C=O) groups is 2. The van der Waals surface area contributed by atoms with E-state index in [0.29, 0.717) is 25.1 Å². The molecule has 1 unspecified atom stereocenters. The molecule has 0 saturated carbocycles. The van der Waals surface area contributed by atoms with Crippen molar-refractivity contribution in [3.05, 3.63) is 35.9 Å². The van der Waals surface area contributed by atoms with E-state index >= 15 is 0 Å². The number of benzene rings is 1. The van der Waals surface area contributed by atoms with Crippen molar-refractivity contribution in [1.82, 2.24) is 9.80 Å². The monoisotopic (exact) mass is 302 g/mol. The van der Waals surface area contributed by atoms with Gasteiger partial charge in [0.2, 0.25) is 5.91 Å². The molecule has 2 amide bonds. The van der Waals surface area contributed by atoms with Crippen LogP contribution in [0.2, 0.25) is 0 Å². The van der Waals surface area contributed by atoms with Crippen molar-refractivity contribution in [1.29, 1.82) is 0 Å². The molecular formula is C17H22N2O3. The van der Waals surface area contributed by atoms with E-state index in [1.54, 1.807) is 17.0 Å². The van der Waals surface area contributed by atoms with E-state index in [4.69, 9.17) is 0 Å². The van der Waals surface area contributed by atoms with Gasteiger partial charge < -0.3 is 14.9 Å². The summed E-state index contributed by atoms with van der Waals surface area (Å²) >= 11 is 0. The fourth-order valence-corrected chi connectivity index (χ4v) is 3.40. The lowest BCUT2D eigenvalue weighted by molar-refractivity contribution is -0.142. The summed E-state index contributed by atoms with van der Waals surface area (Å²) in [5.74, 6) is 0.00601. The summed E-state index contributed by atoms with van der Waals surface area (Å²) in [7, 11) is 0. The number of amides is 2. The highest BCUT2D eigenvalue weighted by atomic mass is 16.3. The van der Waals surface area contributed by atoms with Crippen LogP contribution >= 0.6 is 0 Å². The van der Waals surface area contributed by atoms with Gasteiger partial charge in [0.1, 0.15) is 0 Å². The van der Waals surface area contributed by atoms with Gasteiger partial charge in [-0.05, 0) is 24.8 Å². The first-order chi connectivity index (χ1) is 10.7. The average Bonchev–Trinajstić information content (AvgIpc) is 3.00. The third-order valence-electron chi connectivity index (χ3n) is 4.68. The molecule has 2 fully saturated rings. The topological polar surface area (TPSA) is 60.9 Å². The van der Waals surface area contributed by atoms with Gasteiger partial charge in [-0.15, -0.1) is 0 Å². The molecule has 1 aromatic rings. The van der Waals surface area contributed by atoms with E-state index in [2.05, 4.69) is 0 Å². The minimum atomic E-state index is -1.09. The Kier molecular flexibility index (Phi) is 4.43. The molecule has 1 atom stereocenters. The zero-order valence-electron chi connectivity index (χ0n) is 12.6. The van der Waals surface area contributed by atoms with Crippen LogP contribution in [0.3, 0.4) is 0 Å². The van der Waals surface area contributed by atoms with Gasteiger partial charge in [-0.3, -0.25) is 9.59 Å². The molecule has 1 aromatic carbocycles. The molecule has 2 aliphatic rings. The van der Waals surface area contributed by atoms with Crippen LogP contribution in [0.25, 0.3) is 0 Å². The second kappa shape index (κ2) is 6.48. The summed E-state index contributed by atoms with van der Waals surface area (Å²) < 4.78 is 0. The SMILES string of the molecule is O=C(C(O)c1ccccc1)N1CCC(N2CCCC2=O)CC1. The normalized spacial score (nSPS) is 21.2. The molecule has 0 bridgehead atoms. The van der Waals surface area contributed by atoms with Gasteiger partial charge >= 0.3 is 0 Å². The lowest BCUT2D eigenvalue weighted by Gasteiger charge is -2.37. The molecule has 0 radical (unpaired) electrons. The Bertz CT molecular complexity index is 538. The highest BCUT2D eigenvalue weighted by molar-refractivity contribution is 5.82. The molecule has 0 spiro atoms. The van der Waals surface area contributed by atoms with Crippen molar-refractivity contribution in [2.75, 3.05) is 19.6 Å². The molecular weight excluding hydrogens is 280 g/mol. The molecule has 2 saturated heterocycles. The highest BCUT2D eigenvalue weighted by Gasteiger charge is 2.33. The Morgan fingerprint density at radius 1 is 1.14 bits per heavy atom. The van der Waals surface area contributed by atoms with Gasteiger partial charge in [0.25, 0.3) is 5.91 Å². The number of carbonyl (C=O) groups excluding carboxylic acids is 2. The number of piperidine rings is 1. The van der Waals surface area contributed by atoms with Crippen molar-refractivity contribution in [3.8, 4) is 0 Å². The van der Waals surface area contributed by atoms with Gasteiger partial charge in [-0.25, -0.2) is 0 Å². The molecule has 5 nitrogen and oxygen atoms in total. The molecule has 0 aliphatic carbocycles. The second-order valence-corrected chi connectivity index (χ2v) is 6.06. The quantitative estimate of drug-likeness (QED) is 0.916. The lowest BCUT2D eigenvalue weighted by atomic mass is 10.0. The number of hydrogen-bond donors (Lipinski definition) is 1. The summed E-state index contributed by atoms with van der Waals surface area (Å²) in [6.45, 7) is 2.07. The molecule has 3 rings (SSSR count). The molecule has 2 heterocycles. The van der Waals surface area contributed by atoms with Crippen molar-refractivity contribution in [3.63, 3.8) is 0 Å². The molecule has 1 N–H and O–H groups in total. The van der Waals surface area contributed by atoms with Crippen LogP contribution in [0.5, 0.6) is 0 Å². The standard InChI is InChI=1S/C17H22N2O3/c20-15-7-4-10-19(15)14-8-11-18(12-9-14)17(22)16(21)13-5-2-1-3-6-13/h1-3,5-6,14,16,21H,4,7-12H2. The predicted octanol–water partition coefficient (Wildman–Crippen LogP) is 1.33. The first kappa shape index (κ1) is 15.0. The summed E-state index contributed by atoms with van der Waals surface area (Å²) in [6.07, 6.45) is 2.13. The van der Waals surface area contributed by atoms with Gasteiger partial charge in [0.15, 0.2) is 6.10 Å². The Balaban J connectivity index is 1.57. The Hall–Kier alpha value is -1.88. The van der Waals surface area contributed by atoms with Crippen LogP contribution in [0.4, 0.5) is 0 Å². The van der Waals surface area contributed by atoms with E-state index in [-0.39, 0.29) is 17.9 Å². The molecule has 2 aliphatic heterocycles. The van der Waals surface area contributed by atoms with Gasteiger partial charge in [-0.1, -0.05) is 30.3 Å². The highest BCUT2D eigenvalue weighted by Crippen LogP contribution is 2.24. The van der Waals surface area contributed by atoms with Crippen LogP contribution in [0.1, 0.15) is 37.4 Å². The fraction of sp³-hybridized carbons (Fsp3) is 0.529. The largest absolute Gasteiger partial charge is 0.378 e. The van der Waals surface area contributed by atoms with Gasteiger partial charge in [0.05, 0.1) is 0 Å². The van der Waals surface area contributed by atoms with E-state index in [9.17, 15) is 14.7 Å². The Morgan fingerprint density at radius 3 is 2.41 bits per heavy atom. The molecule has 22 heavy (non-hydrogen) atoms. The first-order valence-corrected chi connectivity index (χ1v) is 7.98. The minimum Gasteiger partial charge on any atom is -0.378 e. The number of likely N-dealkylation sites (tertiary alicyclic amines) is 2. The van der Waals surface area contributed by atoms with Crippen molar-refractivity contribution < 1.29 is 14.7 Å². The number of nitrogens with zero attached hydrogens (tertiary/aromatic N) is 2. The van der Waals surface area contributed by atoms with Crippen molar-refractivity contribution in [2.24, 2.45) is 0 Å². The van der Waals surface area contributed by atoms with E-state index < -0.39 is 6.10 Å². The third-order valence-corrected chi connectivity index (χ3v) is 4.68. The predicted molar refractivity (Wildman–Crippen MR) is 82.0 cm³/mol. The van der Waals surface area contributed by atoms with Crippen molar-refractivity contribution in [2.45, 2.75) is 37.8 Å². The summed E-state index contributed by atoms with van der Waals surface area (Å²) in [6, 6.07) is 9.27. The number of aliphatic hydroxyl groups is 1. The number of hydrogen-bond acceptors (Lipinski definition) is 3. The zero-order chi connectivity index (χ0) is 15.5. The van der Waals surface area contributed by atoms with Crippen LogP contribution < -0.4 is 0 Å². The first-order valence-electron chi connectivity index (χ1n) is 7.98. The maximum Gasteiger partial charge on any atom is 0.256 e. The number of aliphatic hydroxyl groups excluding tert-OH is 1. The van der Waals surface area contributed by atoms with Crippen LogP contribution in [-0.4, -0.2) is 52.4 Å². The van der Waals surface area contributed by atoms with Gasteiger partial charge in [0, 0.05) is 32.1 Å². The maximum atomic E-state index is 12.4. The third kappa shape index (κ3) is 2.99. The smallest absolute Gasteiger partial charge is 0.256 e. The van der Waals surface area contributed by atoms with E-state index in [0.717, 1.165) is 25.8 Å². The molecule has 5 heteroatoms. The second-order valence-electron chi connectivity index (χ2n) is 6.06. The summed E-state index contributed by atoms with van der Waals surface area (Å²) in [5.41, 5.74) is 0.629. The fourth-order valence-electron chi connectivity index (χ4n) is 3.40. The van der Waals surface area contributed by atoms with E-state index in [1.807, 2.05) is 23.1 Å². The summed E-state index contributed by atoms with van der Waals surface area (Å²) in [4.78, 5) is 27.9. The number of rotatable bonds is 3. The van der Waals surface area contributed by atoms with Gasteiger partial charge in [-0.2, -0.15) is 0 Å². The minimum absolute atomic E-state index is 0.239. The van der Waals surface area contributed by atoms with Crippen LogP contribution in [0, 0.1) is 0 Å². The summed E-state index contributed by atoms with van der Waals surface area (Å²) in [5, 5.41) is 10.2. The zero-order valence-corrected chi connectivity index (χ0v) is 12.6. The van der Waals surface area contributed by atoms with Crippen LogP contribution in [-0.2, 0) is 9.59 Å². The van der Waals surface area contributed by atoms with Crippen LogP contribution in [0.15, 0.2) is 30.3 Å². The maximum absolute atomic E-state index is 12.4. The Labute approximate surface area is 130 Å².